The number of nitrogens with zero attached hydrogens (tertiary/aromatic N) is 1. The smallest absolute Gasteiger partial charge is 0.419 e. The van der Waals surface area contributed by atoms with E-state index in [4.69, 9.17) is 9.47 Å². The Morgan fingerprint density at radius 2 is 1.59 bits per heavy atom. The lowest BCUT2D eigenvalue weighted by molar-refractivity contribution is -0.144. The summed E-state index contributed by atoms with van der Waals surface area (Å²) >= 11 is 0. The van der Waals surface area contributed by atoms with Gasteiger partial charge in [0.1, 0.15) is 11.2 Å². The Morgan fingerprint density at radius 1 is 1.00 bits per heavy atom. The third-order valence-electron chi connectivity index (χ3n) is 4.82. The molecule has 0 bridgehead atoms. The van der Waals surface area contributed by atoms with Crippen LogP contribution in [0.25, 0.3) is 10.9 Å². The Labute approximate surface area is 200 Å². The zero-order valence-corrected chi connectivity index (χ0v) is 21.3. The van der Waals surface area contributed by atoms with Gasteiger partial charge in [-0.3, -0.25) is 9.36 Å². The minimum absolute atomic E-state index is 0.307. The molecule has 0 aliphatic heterocycles. The number of carbonyl (C=O) groups excluding carboxylic acids is 2. The number of ether oxygens (including phenoxy) is 2. The van der Waals surface area contributed by atoms with E-state index in [0.717, 1.165) is 10.9 Å². The monoisotopic (exact) mass is 472 g/mol. The molecule has 0 spiro atoms. The van der Waals surface area contributed by atoms with Crippen molar-refractivity contribution in [3.8, 4) is 0 Å². The van der Waals surface area contributed by atoms with E-state index in [0.29, 0.717) is 11.9 Å². The van der Waals surface area contributed by atoms with Gasteiger partial charge in [-0.25, -0.2) is 9.59 Å². The molecule has 0 fully saturated rings. The van der Waals surface area contributed by atoms with E-state index in [1.54, 1.807) is 73.7 Å². The first kappa shape index (κ1) is 27.0. The van der Waals surface area contributed by atoms with Gasteiger partial charge in [0.15, 0.2) is 0 Å². The first-order valence-corrected chi connectivity index (χ1v) is 11.2. The Morgan fingerprint density at radius 3 is 2.15 bits per heavy atom. The number of amides is 1. The van der Waals surface area contributed by atoms with Gasteiger partial charge in [0, 0.05) is 11.6 Å². The van der Waals surface area contributed by atoms with Crippen molar-refractivity contribution in [3.63, 3.8) is 0 Å². The van der Waals surface area contributed by atoms with Gasteiger partial charge < -0.3 is 19.9 Å². The maximum Gasteiger partial charge on any atom is 0.419 e. The molecule has 0 saturated carbocycles. The molecule has 186 valence electrons. The minimum atomic E-state index is -1.13. The summed E-state index contributed by atoms with van der Waals surface area (Å²) in [5, 5.41) is 13.1. The number of benzene rings is 1. The molecule has 1 heterocycles. The Balaban J connectivity index is 2.44. The van der Waals surface area contributed by atoms with Crippen LogP contribution in [0, 0.1) is 5.41 Å². The van der Waals surface area contributed by atoms with Crippen molar-refractivity contribution in [3.05, 3.63) is 48.2 Å². The molecule has 0 radical (unpaired) electrons. The number of aliphatic carboxylic acids is 1. The molecule has 1 aromatic heterocycles. The van der Waals surface area contributed by atoms with Gasteiger partial charge >= 0.3 is 18.2 Å². The second kappa shape index (κ2) is 9.91. The van der Waals surface area contributed by atoms with Gasteiger partial charge in [-0.2, -0.15) is 0 Å². The summed E-state index contributed by atoms with van der Waals surface area (Å²) in [6.07, 6.45) is 4.07. The fourth-order valence-electron chi connectivity index (χ4n) is 3.17. The number of hydrogen-bond acceptors (Lipinski definition) is 5. The highest BCUT2D eigenvalue weighted by Crippen LogP contribution is 2.25. The fraction of sp³-hybridized carbons (Fsp3) is 0.500. The molecular formula is C26H36N2O6. The predicted molar refractivity (Wildman–Crippen MR) is 131 cm³/mol. The van der Waals surface area contributed by atoms with Crippen LogP contribution in [0.1, 0.15) is 61.0 Å². The highest BCUT2D eigenvalue weighted by Gasteiger charge is 2.26. The average molecular weight is 473 g/mol. The summed E-state index contributed by atoms with van der Waals surface area (Å²) in [5.74, 6) is -0.985. The van der Waals surface area contributed by atoms with E-state index in [1.165, 1.54) is 4.57 Å². The van der Waals surface area contributed by atoms with Crippen molar-refractivity contribution in [2.75, 3.05) is 0 Å². The van der Waals surface area contributed by atoms with Crippen molar-refractivity contribution >= 4 is 29.1 Å². The van der Waals surface area contributed by atoms with Crippen molar-refractivity contribution in [1.82, 2.24) is 9.88 Å². The number of carboxylic acids is 1. The largest absolute Gasteiger partial charge is 0.481 e. The number of alkyl carbamates (subject to hydrolysis) is 1. The Bertz CT molecular complexity index is 1080. The van der Waals surface area contributed by atoms with Gasteiger partial charge in [0.25, 0.3) is 0 Å². The number of hydrogen-bond donors (Lipinski definition) is 2. The van der Waals surface area contributed by atoms with Crippen LogP contribution in [0.15, 0.2) is 42.6 Å². The van der Waals surface area contributed by atoms with Crippen LogP contribution >= 0.6 is 0 Å². The lowest BCUT2D eigenvalue weighted by atomic mass is 9.92. The van der Waals surface area contributed by atoms with Crippen molar-refractivity contribution in [2.45, 2.75) is 79.1 Å². The van der Waals surface area contributed by atoms with Crippen LogP contribution in [-0.2, 0) is 20.7 Å². The summed E-state index contributed by atoms with van der Waals surface area (Å²) in [4.78, 5) is 36.9. The standard InChI is InChI=1S/C26H36N2O6/c1-24(2,3)33-22(31)27-18(13-14-26(7,8)21(29)30)15-17-16-28(23(32)34-25(4,5)6)20-12-10-9-11-19(17)20/h9-14,16,18H,15H2,1-8H3,(H,27,31)(H,29,30). The Kier molecular flexibility index (Phi) is 7.86. The van der Waals surface area contributed by atoms with Crippen molar-refractivity contribution in [1.29, 1.82) is 0 Å². The molecule has 1 amide bonds. The average Bonchev–Trinajstić information content (AvgIpc) is 3.02. The topological polar surface area (TPSA) is 107 Å². The number of rotatable bonds is 6. The first-order chi connectivity index (χ1) is 15.5. The van der Waals surface area contributed by atoms with E-state index in [1.807, 2.05) is 24.3 Å². The molecule has 0 aliphatic carbocycles. The molecule has 2 aromatic rings. The molecule has 34 heavy (non-hydrogen) atoms. The van der Waals surface area contributed by atoms with Crippen LogP contribution in [0.4, 0.5) is 9.59 Å². The molecular weight excluding hydrogens is 436 g/mol. The van der Waals surface area contributed by atoms with Gasteiger partial charge in [0.2, 0.25) is 0 Å². The number of carboxylic acid groups (broad SMARTS) is 1. The van der Waals surface area contributed by atoms with Crippen LogP contribution in [0.3, 0.4) is 0 Å². The number of nitrogens with one attached hydrogen (secondary N) is 1. The number of aromatic nitrogens is 1. The second-order valence-electron chi connectivity index (χ2n) is 10.9. The van der Waals surface area contributed by atoms with E-state index in [9.17, 15) is 19.5 Å². The van der Waals surface area contributed by atoms with Crippen LogP contribution in [0.5, 0.6) is 0 Å². The first-order valence-electron chi connectivity index (χ1n) is 11.2. The highest BCUT2D eigenvalue weighted by atomic mass is 16.6. The number of carbonyl (C=O) groups is 3. The fourth-order valence-corrected chi connectivity index (χ4v) is 3.17. The molecule has 1 atom stereocenters. The zero-order valence-electron chi connectivity index (χ0n) is 21.3. The van der Waals surface area contributed by atoms with Crippen LogP contribution in [-0.4, -0.2) is 45.1 Å². The van der Waals surface area contributed by atoms with E-state index in [-0.39, 0.29) is 0 Å². The molecule has 2 N–H and O–H groups in total. The van der Waals surface area contributed by atoms with Gasteiger partial charge in [0.05, 0.1) is 17.0 Å². The SMILES string of the molecule is CC(C)(C)OC(=O)NC(C=CC(C)(C)C(=O)O)Cc1cn(C(=O)OC(C)(C)C)c2ccccc12. The molecule has 8 heteroatoms. The molecule has 2 rings (SSSR count). The molecule has 0 aliphatic rings. The quantitative estimate of drug-likeness (QED) is 0.536. The summed E-state index contributed by atoms with van der Waals surface area (Å²) < 4.78 is 12.4. The Hall–Kier alpha value is -3.29. The van der Waals surface area contributed by atoms with Crippen LogP contribution < -0.4 is 5.32 Å². The normalized spacial score (nSPS) is 13.6. The highest BCUT2D eigenvalue weighted by molar-refractivity contribution is 5.92. The lowest BCUT2D eigenvalue weighted by Gasteiger charge is -2.23. The molecule has 1 unspecified atom stereocenters. The third kappa shape index (κ3) is 7.64. The number of fused-ring (bicyclic) bond motifs is 1. The van der Waals surface area contributed by atoms with Crippen LogP contribution in [0.2, 0.25) is 0 Å². The lowest BCUT2D eigenvalue weighted by Crippen LogP contribution is -2.39. The summed E-state index contributed by atoms with van der Waals surface area (Å²) in [6, 6.07) is 6.83. The number of para-hydroxylation sites is 1. The van der Waals surface area contributed by atoms with E-state index >= 15 is 0 Å². The molecule has 0 saturated heterocycles. The maximum atomic E-state index is 12.8. The van der Waals surface area contributed by atoms with Crippen molar-refractivity contribution in [2.24, 2.45) is 5.41 Å². The molecule has 8 nitrogen and oxygen atoms in total. The minimum Gasteiger partial charge on any atom is -0.481 e. The summed E-state index contributed by atoms with van der Waals surface area (Å²) in [5.41, 5.74) is -1.00. The van der Waals surface area contributed by atoms with E-state index < -0.39 is 40.8 Å². The van der Waals surface area contributed by atoms with Gasteiger partial charge in [-0.15, -0.1) is 0 Å². The third-order valence-corrected chi connectivity index (χ3v) is 4.82. The van der Waals surface area contributed by atoms with Gasteiger partial charge in [-0.05, 0) is 73.4 Å². The van der Waals surface area contributed by atoms with Crippen molar-refractivity contribution < 1.29 is 29.0 Å². The maximum absolute atomic E-state index is 12.8. The molecule has 1 aromatic carbocycles. The predicted octanol–water partition coefficient (Wildman–Crippen LogP) is 5.53. The zero-order chi connectivity index (χ0) is 25.9. The summed E-state index contributed by atoms with van der Waals surface area (Å²) in [6.45, 7) is 13.8. The summed E-state index contributed by atoms with van der Waals surface area (Å²) in [7, 11) is 0. The second-order valence-corrected chi connectivity index (χ2v) is 10.9. The van der Waals surface area contributed by atoms with Gasteiger partial charge in [-0.1, -0.05) is 30.4 Å². The van der Waals surface area contributed by atoms with E-state index in [2.05, 4.69) is 5.32 Å².